The largest absolute Gasteiger partial charge is 0.407 e. The van der Waals surface area contributed by atoms with Crippen LogP contribution in [0.4, 0.5) is 0 Å². The summed E-state index contributed by atoms with van der Waals surface area (Å²) < 4.78 is 5.64. The summed E-state index contributed by atoms with van der Waals surface area (Å²) in [6.45, 7) is 6.14. The minimum Gasteiger partial charge on any atom is -0.407 e. The zero-order valence-electron chi connectivity index (χ0n) is 8.10. The lowest BCUT2D eigenvalue weighted by Crippen LogP contribution is -2.28. The molecule has 0 spiro atoms. The van der Waals surface area contributed by atoms with E-state index in [1.54, 1.807) is 0 Å². The Hall–Kier alpha value is -0.313. The highest BCUT2D eigenvalue weighted by molar-refractivity contribution is 6.47. The lowest BCUT2D eigenvalue weighted by Gasteiger charge is -2.19. The molecule has 0 atom stereocenters. The van der Waals surface area contributed by atoms with Gasteiger partial charge in [0, 0.05) is 10.6 Å². The molecule has 0 amide bonds. The maximum absolute atomic E-state index is 5.84. The van der Waals surface area contributed by atoms with Crippen LogP contribution < -0.4 is 5.19 Å². The van der Waals surface area contributed by atoms with Crippen LogP contribution >= 0.6 is 11.6 Å². The predicted octanol–water partition coefficient (Wildman–Crippen LogP) is 2.40. The van der Waals surface area contributed by atoms with Crippen LogP contribution in [0, 0.1) is 0 Å². The van der Waals surface area contributed by atoms with Crippen molar-refractivity contribution in [2.75, 3.05) is 0 Å². The molecule has 1 aromatic carbocycles. The van der Waals surface area contributed by atoms with Gasteiger partial charge in [0.15, 0.2) is 0 Å². The van der Waals surface area contributed by atoms with E-state index in [4.69, 9.17) is 16.0 Å². The van der Waals surface area contributed by atoms with Crippen molar-refractivity contribution in [1.29, 1.82) is 0 Å². The van der Waals surface area contributed by atoms with Gasteiger partial charge in [-0.25, -0.2) is 0 Å². The van der Waals surface area contributed by atoms with Gasteiger partial charge in [0.05, 0.1) is 0 Å². The summed E-state index contributed by atoms with van der Waals surface area (Å²) in [5, 5.41) is 1.91. The molecule has 0 heterocycles. The zero-order valence-corrected chi connectivity index (χ0v) is 9.85. The van der Waals surface area contributed by atoms with Crippen molar-refractivity contribution < 1.29 is 4.43 Å². The van der Waals surface area contributed by atoms with Gasteiger partial charge in [-0.05, 0) is 38.1 Å². The molecule has 0 aliphatic carbocycles. The van der Waals surface area contributed by atoms with E-state index >= 15 is 0 Å². The predicted molar refractivity (Wildman–Crippen MR) is 57.7 cm³/mol. The molecule has 2 radical (unpaired) electrons. The maximum Gasteiger partial charge on any atom is 0.269 e. The second-order valence-corrected chi connectivity index (χ2v) is 5.25. The van der Waals surface area contributed by atoms with E-state index in [-0.39, 0.29) is 5.60 Å². The summed E-state index contributed by atoms with van der Waals surface area (Å²) in [4.78, 5) is 0. The van der Waals surface area contributed by atoms with Crippen LogP contribution in [-0.4, -0.2) is 15.4 Å². The van der Waals surface area contributed by atoms with Gasteiger partial charge in [0.25, 0.3) is 9.76 Å². The Bertz CT molecular complexity index is 280. The number of hydrogen-bond donors (Lipinski definition) is 0. The molecule has 3 heteroatoms. The third-order valence-electron chi connectivity index (χ3n) is 1.30. The summed E-state index contributed by atoms with van der Waals surface area (Å²) in [6, 6.07) is 7.77. The van der Waals surface area contributed by atoms with Crippen LogP contribution in [-0.2, 0) is 4.43 Å². The van der Waals surface area contributed by atoms with Gasteiger partial charge in [-0.1, -0.05) is 23.7 Å². The Morgan fingerprint density at radius 3 is 2.54 bits per heavy atom. The quantitative estimate of drug-likeness (QED) is 0.685. The highest BCUT2D eigenvalue weighted by atomic mass is 35.5. The van der Waals surface area contributed by atoms with Crippen LogP contribution in [0.5, 0.6) is 0 Å². The first-order chi connectivity index (χ1) is 5.97. The number of rotatable bonds is 2. The highest BCUT2D eigenvalue weighted by Crippen LogP contribution is 2.06. The summed E-state index contributed by atoms with van der Waals surface area (Å²) in [5.41, 5.74) is -0.0826. The van der Waals surface area contributed by atoms with E-state index < -0.39 is 0 Å². The third kappa shape index (κ3) is 4.46. The van der Waals surface area contributed by atoms with Crippen molar-refractivity contribution in [2.24, 2.45) is 0 Å². The van der Waals surface area contributed by atoms with Gasteiger partial charge >= 0.3 is 0 Å². The minimum atomic E-state index is -0.0826. The number of benzene rings is 1. The number of halogens is 1. The first-order valence-electron chi connectivity index (χ1n) is 4.17. The van der Waals surface area contributed by atoms with Crippen molar-refractivity contribution in [1.82, 2.24) is 0 Å². The molecule has 0 saturated carbocycles. The topological polar surface area (TPSA) is 9.23 Å². The van der Waals surface area contributed by atoms with Crippen molar-refractivity contribution in [3.05, 3.63) is 29.3 Å². The molecule has 1 aromatic rings. The van der Waals surface area contributed by atoms with E-state index in [0.29, 0.717) is 9.76 Å². The van der Waals surface area contributed by atoms with Crippen LogP contribution in [0.25, 0.3) is 0 Å². The molecule has 0 saturated heterocycles. The Kier molecular flexibility index (Phi) is 3.53. The molecule has 0 unspecified atom stereocenters. The van der Waals surface area contributed by atoms with Gasteiger partial charge in [-0.2, -0.15) is 0 Å². The smallest absolute Gasteiger partial charge is 0.269 e. The molecule has 0 fully saturated rings. The summed E-state index contributed by atoms with van der Waals surface area (Å²) >= 11 is 5.84. The molecule has 13 heavy (non-hydrogen) atoms. The van der Waals surface area contributed by atoms with Gasteiger partial charge in [-0.3, -0.25) is 0 Å². The van der Waals surface area contributed by atoms with E-state index in [0.717, 1.165) is 10.2 Å². The fourth-order valence-corrected chi connectivity index (χ4v) is 1.85. The first kappa shape index (κ1) is 10.8. The molecule has 0 aliphatic rings. The lowest BCUT2D eigenvalue weighted by molar-refractivity contribution is 0.142. The molecule has 0 N–H and O–H groups in total. The van der Waals surface area contributed by atoms with E-state index in [1.807, 2.05) is 45.0 Å². The van der Waals surface area contributed by atoms with Gasteiger partial charge < -0.3 is 4.43 Å². The van der Waals surface area contributed by atoms with Crippen LogP contribution in [0.2, 0.25) is 5.02 Å². The lowest BCUT2D eigenvalue weighted by atomic mass is 10.2. The molecular formula is C10H13ClOSi. The third-order valence-corrected chi connectivity index (χ3v) is 2.80. The van der Waals surface area contributed by atoms with Crippen LogP contribution in [0.1, 0.15) is 20.8 Å². The fourth-order valence-electron chi connectivity index (χ4n) is 0.764. The monoisotopic (exact) mass is 212 g/mol. The molecule has 0 bridgehead atoms. The fraction of sp³-hybridized carbons (Fsp3) is 0.400. The van der Waals surface area contributed by atoms with E-state index in [1.165, 1.54) is 0 Å². The summed E-state index contributed by atoms with van der Waals surface area (Å²) in [7, 11) is 0.368. The molecule has 70 valence electrons. The molecule has 1 rings (SSSR count). The highest BCUT2D eigenvalue weighted by Gasteiger charge is 2.10. The van der Waals surface area contributed by atoms with Crippen molar-refractivity contribution in [3.8, 4) is 0 Å². The minimum absolute atomic E-state index is 0.0826. The van der Waals surface area contributed by atoms with Crippen LogP contribution in [0.3, 0.4) is 0 Å². The maximum atomic E-state index is 5.84. The SMILES string of the molecule is CC(C)(C)O[Si]c1cccc(Cl)c1. The normalized spacial score (nSPS) is 11.7. The Labute approximate surface area is 87.0 Å². The average Bonchev–Trinajstić information content (AvgIpc) is 2.00. The van der Waals surface area contributed by atoms with Crippen molar-refractivity contribution in [3.63, 3.8) is 0 Å². The van der Waals surface area contributed by atoms with Gasteiger partial charge in [-0.15, -0.1) is 0 Å². The average molecular weight is 213 g/mol. The molecule has 0 aromatic heterocycles. The second-order valence-electron chi connectivity index (χ2n) is 3.83. The van der Waals surface area contributed by atoms with Gasteiger partial charge in [0.2, 0.25) is 0 Å². The Balaban J connectivity index is 2.55. The molecular weight excluding hydrogens is 200 g/mol. The number of hydrogen-bond acceptors (Lipinski definition) is 1. The summed E-state index contributed by atoms with van der Waals surface area (Å²) in [6.07, 6.45) is 0. The van der Waals surface area contributed by atoms with Crippen molar-refractivity contribution in [2.45, 2.75) is 26.4 Å². The summed E-state index contributed by atoms with van der Waals surface area (Å²) in [5.74, 6) is 0. The molecule has 1 nitrogen and oxygen atoms in total. The molecule has 0 aliphatic heterocycles. The second kappa shape index (κ2) is 4.27. The van der Waals surface area contributed by atoms with E-state index in [9.17, 15) is 0 Å². The Morgan fingerprint density at radius 1 is 1.31 bits per heavy atom. The first-order valence-corrected chi connectivity index (χ1v) is 5.45. The standard InChI is InChI=1S/C10H13ClOSi/c1-10(2,3)12-13-9-6-4-5-8(11)7-9/h4-7H,1-3H3. The zero-order chi connectivity index (χ0) is 9.90. The Morgan fingerprint density at radius 2 is 2.00 bits per heavy atom. The van der Waals surface area contributed by atoms with E-state index in [2.05, 4.69) is 0 Å². The van der Waals surface area contributed by atoms with Gasteiger partial charge in [0.1, 0.15) is 0 Å². The van der Waals surface area contributed by atoms with Crippen molar-refractivity contribution >= 4 is 26.6 Å². The van der Waals surface area contributed by atoms with Crippen LogP contribution in [0.15, 0.2) is 24.3 Å².